The number of nitrogens with one attached hydrogen (secondary N) is 1. The highest BCUT2D eigenvalue weighted by Crippen LogP contribution is 2.44. The zero-order chi connectivity index (χ0) is 20.5. The van der Waals surface area contributed by atoms with Crippen LogP contribution in [0.2, 0.25) is 0 Å². The Balaban J connectivity index is 1.85. The third-order valence-electron chi connectivity index (χ3n) is 5.50. The van der Waals surface area contributed by atoms with Gasteiger partial charge in [-0.1, -0.05) is 50.2 Å². The van der Waals surface area contributed by atoms with Gasteiger partial charge in [-0.25, -0.2) is 0 Å². The van der Waals surface area contributed by atoms with Crippen LogP contribution in [0.1, 0.15) is 59.4 Å². The summed E-state index contributed by atoms with van der Waals surface area (Å²) in [6.07, 6.45) is 0.496. The molecule has 0 radical (unpaired) electrons. The number of phenols is 1. The first-order valence-corrected chi connectivity index (χ1v) is 9.91. The molecule has 0 fully saturated rings. The van der Waals surface area contributed by atoms with Crippen molar-refractivity contribution in [2.24, 2.45) is 0 Å². The Bertz CT molecular complexity index is 1020. The van der Waals surface area contributed by atoms with Gasteiger partial charge in [0.2, 0.25) is 0 Å². The maximum absolute atomic E-state index is 13.1. The second-order valence-corrected chi connectivity index (χ2v) is 7.68. The van der Waals surface area contributed by atoms with Gasteiger partial charge in [-0.3, -0.25) is 9.89 Å². The Kier molecular flexibility index (Phi) is 5.11. The second-order valence-electron chi connectivity index (χ2n) is 7.68. The van der Waals surface area contributed by atoms with Crippen LogP contribution in [-0.2, 0) is 0 Å². The summed E-state index contributed by atoms with van der Waals surface area (Å²) < 4.78 is 0. The van der Waals surface area contributed by atoms with Crippen LogP contribution < -0.4 is 0 Å². The highest BCUT2D eigenvalue weighted by Gasteiger charge is 2.42. The summed E-state index contributed by atoms with van der Waals surface area (Å²) in [5, 5.41) is 26.9. The first-order valence-electron chi connectivity index (χ1n) is 9.91. The van der Waals surface area contributed by atoms with Crippen LogP contribution >= 0.6 is 0 Å². The number of para-hydroxylation sites is 1. The molecular weight excluding hydrogens is 366 g/mol. The third kappa shape index (κ3) is 3.29. The number of benzene rings is 2. The van der Waals surface area contributed by atoms with Gasteiger partial charge in [0, 0.05) is 24.3 Å². The summed E-state index contributed by atoms with van der Waals surface area (Å²) in [4.78, 5) is 14.9. The van der Waals surface area contributed by atoms with Crippen LogP contribution in [0.5, 0.6) is 5.75 Å². The van der Waals surface area contributed by atoms with E-state index in [0.717, 1.165) is 11.1 Å². The smallest absolute Gasteiger partial charge is 0.273 e. The monoisotopic (exact) mass is 391 g/mol. The topological polar surface area (TPSA) is 89.5 Å². The van der Waals surface area contributed by atoms with Gasteiger partial charge in [0.25, 0.3) is 5.91 Å². The van der Waals surface area contributed by atoms with Crippen LogP contribution in [-0.4, -0.2) is 44.4 Å². The maximum atomic E-state index is 13.1. The summed E-state index contributed by atoms with van der Waals surface area (Å²) in [6, 6.07) is 15.0. The molecule has 6 heteroatoms. The Morgan fingerprint density at radius 1 is 1.14 bits per heavy atom. The van der Waals surface area contributed by atoms with E-state index in [-0.39, 0.29) is 24.3 Å². The van der Waals surface area contributed by atoms with Crippen LogP contribution in [0.25, 0.3) is 11.3 Å². The summed E-state index contributed by atoms with van der Waals surface area (Å²) in [7, 11) is 0. The van der Waals surface area contributed by atoms with Crippen molar-refractivity contribution < 1.29 is 15.0 Å². The standard InChI is InChI=1S/C23H25N3O3/c1-14(2)15-8-10-16(11-9-15)22-19-20(17-6-3-4-7-18(17)28)24-25-21(19)23(29)26(22)12-5-13-27/h3-4,6-11,14,22,27-28H,5,12-13H2,1-2H3,(H,24,25)/t22-/m0/s1. The molecule has 1 aliphatic rings. The number of aromatic nitrogens is 2. The Morgan fingerprint density at radius 3 is 2.52 bits per heavy atom. The predicted molar refractivity (Wildman–Crippen MR) is 111 cm³/mol. The van der Waals surface area contributed by atoms with Crippen molar-refractivity contribution >= 4 is 5.91 Å². The number of aliphatic hydroxyl groups excluding tert-OH is 1. The number of aromatic amines is 1. The van der Waals surface area contributed by atoms with Crippen molar-refractivity contribution in [1.29, 1.82) is 0 Å². The fourth-order valence-electron chi connectivity index (χ4n) is 3.96. The molecule has 2 aromatic carbocycles. The van der Waals surface area contributed by atoms with Gasteiger partial charge in [0.15, 0.2) is 0 Å². The molecule has 1 amide bonds. The van der Waals surface area contributed by atoms with Gasteiger partial charge in [-0.2, -0.15) is 5.10 Å². The highest BCUT2D eigenvalue weighted by atomic mass is 16.3. The molecule has 1 aliphatic heterocycles. The maximum Gasteiger partial charge on any atom is 0.273 e. The molecule has 4 rings (SSSR count). The number of phenolic OH excluding ortho intramolecular Hbond substituents is 1. The minimum Gasteiger partial charge on any atom is -0.507 e. The molecule has 6 nitrogen and oxygen atoms in total. The Hall–Kier alpha value is -3.12. The van der Waals surface area contributed by atoms with Gasteiger partial charge >= 0.3 is 0 Å². The number of aromatic hydroxyl groups is 1. The SMILES string of the molecule is CC(C)c1ccc([C@H]2c3c(-c4ccccc4O)n[nH]c3C(=O)N2CCCO)cc1. The molecule has 0 spiro atoms. The lowest BCUT2D eigenvalue weighted by atomic mass is 9.93. The molecule has 29 heavy (non-hydrogen) atoms. The summed E-state index contributed by atoms with van der Waals surface area (Å²) in [6.45, 7) is 4.74. The van der Waals surface area contributed by atoms with Crippen molar-refractivity contribution in [3.05, 3.63) is 70.9 Å². The summed E-state index contributed by atoms with van der Waals surface area (Å²) >= 11 is 0. The van der Waals surface area contributed by atoms with E-state index in [2.05, 4.69) is 48.3 Å². The van der Waals surface area contributed by atoms with E-state index in [4.69, 9.17) is 0 Å². The van der Waals surface area contributed by atoms with Gasteiger partial charge in [-0.05, 0) is 35.6 Å². The molecule has 2 heterocycles. The lowest BCUT2D eigenvalue weighted by Gasteiger charge is -2.26. The molecule has 3 N–H and O–H groups in total. The quantitative estimate of drug-likeness (QED) is 0.596. The third-order valence-corrected chi connectivity index (χ3v) is 5.50. The van der Waals surface area contributed by atoms with Gasteiger partial charge in [-0.15, -0.1) is 0 Å². The zero-order valence-corrected chi connectivity index (χ0v) is 16.6. The van der Waals surface area contributed by atoms with Crippen LogP contribution in [0.3, 0.4) is 0 Å². The van der Waals surface area contributed by atoms with E-state index in [1.807, 2.05) is 6.07 Å². The number of amides is 1. The summed E-state index contributed by atoms with van der Waals surface area (Å²) in [5.41, 5.74) is 4.60. The Labute approximate surface area is 169 Å². The molecular formula is C23H25N3O3. The van der Waals surface area contributed by atoms with Crippen molar-refractivity contribution in [3.63, 3.8) is 0 Å². The molecule has 0 bridgehead atoms. The number of fused-ring (bicyclic) bond motifs is 1. The molecule has 150 valence electrons. The lowest BCUT2D eigenvalue weighted by Crippen LogP contribution is -2.31. The molecule has 0 unspecified atom stereocenters. The van der Waals surface area contributed by atoms with Gasteiger partial charge in [0.05, 0.1) is 6.04 Å². The van der Waals surface area contributed by atoms with E-state index in [0.29, 0.717) is 35.8 Å². The number of rotatable bonds is 6. The average Bonchev–Trinajstić information content (AvgIpc) is 3.26. The molecule has 3 aromatic rings. The lowest BCUT2D eigenvalue weighted by molar-refractivity contribution is 0.0732. The normalized spacial score (nSPS) is 15.9. The highest BCUT2D eigenvalue weighted by molar-refractivity contribution is 6.00. The fraction of sp³-hybridized carbons (Fsp3) is 0.304. The number of hydrogen-bond donors (Lipinski definition) is 3. The molecule has 0 aliphatic carbocycles. The van der Waals surface area contributed by atoms with E-state index >= 15 is 0 Å². The number of H-pyrrole nitrogens is 1. The van der Waals surface area contributed by atoms with Crippen LogP contribution in [0, 0.1) is 0 Å². The molecule has 0 saturated carbocycles. The first kappa shape index (κ1) is 19.2. The largest absolute Gasteiger partial charge is 0.507 e. The van der Waals surface area contributed by atoms with Gasteiger partial charge in [0.1, 0.15) is 17.1 Å². The van der Waals surface area contributed by atoms with Crippen molar-refractivity contribution in [1.82, 2.24) is 15.1 Å². The van der Waals surface area contributed by atoms with Crippen LogP contribution in [0.4, 0.5) is 0 Å². The number of nitrogens with zero attached hydrogens (tertiary/aromatic N) is 2. The summed E-state index contributed by atoms with van der Waals surface area (Å²) in [5.74, 6) is 0.401. The number of carbonyl (C=O) groups is 1. The average molecular weight is 391 g/mol. The fourth-order valence-corrected chi connectivity index (χ4v) is 3.96. The van der Waals surface area contributed by atoms with Crippen molar-refractivity contribution in [2.75, 3.05) is 13.2 Å². The van der Waals surface area contributed by atoms with Gasteiger partial charge < -0.3 is 15.1 Å². The van der Waals surface area contributed by atoms with E-state index in [1.165, 1.54) is 5.56 Å². The molecule has 1 aromatic heterocycles. The van der Waals surface area contributed by atoms with E-state index in [9.17, 15) is 15.0 Å². The van der Waals surface area contributed by atoms with Crippen molar-refractivity contribution in [3.8, 4) is 17.0 Å². The van der Waals surface area contributed by atoms with Crippen LogP contribution in [0.15, 0.2) is 48.5 Å². The zero-order valence-electron chi connectivity index (χ0n) is 16.6. The number of hydrogen-bond acceptors (Lipinski definition) is 4. The van der Waals surface area contributed by atoms with E-state index in [1.54, 1.807) is 23.1 Å². The van der Waals surface area contributed by atoms with E-state index < -0.39 is 0 Å². The van der Waals surface area contributed by atoms with Crippen molar-refractivity contribution in [2.45, 2.75) is 32.2 Å². The minimum atomic E-state index is -0.321. The molecule has 1 atom stereocenters. The predicted octanol–water partition coefficient (Wildman–Crippen LogP) is 3.83. The number of carbonyl (C=O) groups excluding carboxylic acids is 1. The number of aliphatic hydroxyl groups is 1. The minimum absolute atomic E-state index is 0.0152. The second kappa shape index (κ2) is 7.72. The Morgan fingerprint density at radius 2 is 1.86 bits per heavy atom. The molecule has 0 saturated heterocycles. The first-order chi connectivity index (χ1) is 14.0.